The molecule has 4 rings (SSSR count). The number of rotatable bonds is 4. The first-order valence-corrected chi connectivity index (χ1v) is 9.72. The number of nitrogens with one attached hydrogen (secondary N) is 1. The summed E-state index contributed by atoms with van der Waals surface area (Å²) in [7, 11) is 0. The molecule has 4 heteroatoms. The van der Waals surface area contributed by atoms with Crippen LogP contribution in [0.15, 0.2) is 24.8 Å². The average Bonchev–Trinajstić information content (AvgIpc) is 3.03. The van der Waals surface area contributed by atoms with Gasteiger partial charge in [-0.2, -0.15) is 0 Å². The van der Waals surface area contributed by atoms with Crippen LogP contribution in [0, 0.1) is 0 Å². The lowest BCUT2D eigenvalue weighted by molar-refractivity contribution is -0.123. The number of anilines is 1. The molecule has 2 aromatic rings. The number of amides is 1. The third-order valence-electron chi connectivity index (χ3n) is 6.36. The van der Waals surface area contributed by atoms with Crippen LogP contribution in [0.2, 0.25) is 0 Å². The molecule has 26 heavy (non-hydrogen) atoms. The third kappa shape index (κ3) is 2.14. The standard InChI is InChI=1S/C22H26N2O2/c1-4-11-24-18-12-15-14-9-7-8-10-19(25)20(14)23-17(15)13-16(18)22(5-2,6-3)21(24)26/h4,12-13,23H,1,5-11H2,2-3H3. The average molecular weight is 350 g/mol. The molecule has 1 aromatic heterocycles. The molecule has 0 saturated heterocycles. The lowest BCUT2D eigenvalue weighted by atomic mass is 9.76. The number of aromatic amines is 1. The SMILES string of the molecule is C=CCN1C(=O)C(CC)(CC)c2cc3[nH]c4c(c3cc21)CCCCC4=O. The second kappa shape index (κ2) is 6.11. The van der Waals surface area contributed by atoms with Gasteiger partial charge in [0.05, 0.1) is 11.1 Å². The number of aromatic nitrogens is 1. The fraction of sp³-hybridized carbons (Fsp3) is 0.455. The number of fused-ring (bicyclic) bond motifs is 4. The Morgan fingerprint density at radius 2 is 1.92 bits per heavy atom. The van der Waals surface area contributed by atoms with E-state index in [1.165, 1.54) is 0 Å². The van der Waals surface area contributed by atoms with E-state index in [0.29, 0.717) is 13.0 Å². The first-order chi connectivity index (χ1) is 12.6. The molecule has 0 atom stereocenters. The zero-order valence-corrected chi connectivity index (χ0v) is 15.7. The van der Waals surface area contributed by atoms with E-state index in [0.717, 1.165) is 65.5 Å². The lowest BCUT2D eigenvalue weighted by Crippen LogP contribution is -2.39. The predicted molar refractivity (Wildman–Crippen MR) is 105 cm³/mol. The van der Waals surface area contributed by atoms with E-state index in [9.17, 15) is 9.59 Å². The minimum absolute atomic E-state index is 0.173. The largest absolute Gasteiger partial charge is 0.352 e. The van der Waals surface area contributed by atoms with Crippen molar-refractivity contribution in [2.45, 2.75) is 57.8 Å². The normalized spacial score (nSPS) is 18.8. The number of H-pyrrole nitrogens is 1. The fourth-order valence-corrected chi connectivity index (χ4v) is 4.83. The first-order valence-electron chi connectivity index (χ1n) is 9.72. The number of carbonyl (C=O) groups excluding carboxylic acids is 2. The van der Waals surface area contributed by atoms with Crippen molar-refractivity contribution in [3.8, 4) is 0 Å². The number of hydrogen-bond donors (Lipinski definition) is 1. The van der Waals surface area contributed by atoms with E-state index >= 15 is 0 Å². The number of Topliss-reactive ketones (excluding diaryl/α,β-unsaturated/α-hetero) is 1. The van der Waals surface area contributed by atoms with Gasteiger partial charge in [0.15, 0.2) is 5.78 Å². The van der Waals surface area contributed by atoms with Gasteiger partial charge in [-0.1, -0.05) is 19.9 Å². The zero-order chi connectivity index (χ0) is 18.5. The van der Waals surface area contributed by atoms with Crippen LogP contribution >= 0.6 is 0 Å². The van der Waals surface area contributed by atoms with Gasteiger partial charge in [0.2, 0.25) is 5.91 Å². The molecule has 1 aliphatic heterocycles. The van der Waals surface area contributed by atoms with Gasteiger partial charge in [-0.3, -0.25) is 9.59 Å². The van der Waals surface area contributed by atoms with E-state index < -0.39 is 5.41 Å². The van der Waals surface area contributed by atoms with Crippen LogP contribution in [-0.4, -0.2) is 23.2 Å². The van der Waals surface area contributed by atoms with Crippen LogP contribution in [0.5, 0.6) is 0 Å². The van der Waals surface area contributed by atoms with Gasteiger partial charge in [0.25, 0.3) is 0 Å². The summed E-state index contributed by atoms with van der Waals surface area (Å²) >= 11 is 0. The van der Waals surface area contributed by atoms with E-state index in [1.807, 2.05) is 4.90 Å². The highest BCUT2D eigenvalue weighted by Crippen LogP contribution is 2.48. The van der Waals surface area contributed by atoms with Crippen LogP contribution in [-0.2, 0) is 16.6 Å². The summed E-state index contributed by atoms with van der Waals surface area (Å²) in [5.74, 6) is 0.386. The second-order valence-corrected chi connectivity index (χ2v) is 7.52. The molecular formula is C22H26N2O2. The summed E-state index contributed by atoms with van der Waals surface area (Å²) in [5.41, 5.74) is 4.50. The van der Waals surface area contributed by atoms with Crippen molar-refractivity contribution >= 4 is 28.3 Å². The molecule has 1 aliphatic carbocycles. The van der Waals surface area contributed by atoms with Crippen molar-refractivity contribution in [2.24, 2.45) is 0 Å². The number of aryl methyl sites for hydroxylation is 1. The van der Waals surface area contributed by atoms with Crippen LogP contribution < -0.4 is 4.90 Å². The maximum Gasteiger partial charge on any atom is 0.237 e. The highest BCUT2D eigenvalue weighted by Gasteiger charge is 2.48. The quantitative estimate of drug-likeness (QED) is 0.644. The minimum Gasteiger partial charge on any atom is -0.352 e. The fourth-order valence-electron chi connectivity index (χ4n) is 4.83. The maximum absolute atomic E-state index is 13.2. The number of benzene rings is 1. The van der Waals surface area contributed by atoms with E-state index in [-0.39, 0.29) is 11.7 Å². The van der Waals surface area contributed by atoms with Crippen molar-refractivity contribution in [3.63, 3.8) is 0 Å². The molecule has 4 nitrogen and oxygen atoms in total. The molecule has 0 bridgehead atoms. The lowest BCUT2D eigenvalue weighted by Gasteiger charge is -2.25. The smallest absolute Gasteiger partial charge is 0.237 e. The Bertz CT molecular complexity index is 918. The number of nitrogens with zero attached hydrogens (tertiary/aromatic N) is 1. The molecular weight excluding hydrogens is 324 g/mol. The van der Waals surface area contributed by atoms with Gasteiger partial charge >= 0.3 is 0 Å². The topological polar surface area (TPSA) is 53.2 Å². The van der Waals surface area contributed by atoms with Crippen molar-refractivity contribution in [1.82, 2.24) is 4.98 Å². The Balaban J connectivity index is 1.99. The van der Waals surface area contributed by atoms with Gasteiger partial charge in [-0.15, -0.1) is 6.58 Å². The predicted octanol–water partition coefficient (Wildman–Crippen LogP) is 4.67. The number of carbonyl (C=O) groups is 2. The minimum atomic E-state index is -0.473. The summed E-state index contributed by atoms with van der Waals surface area (Å²) in [4.78, 5) is 31.0. The van der Waals surface area contributed by atoms with Crippen LogP contribution in [0.25, 0.3) is 10.9 Å². The summed E-state index contributed by atoms with van der Waals surface area (Å²) in [6, 6.07) is 4.26. The van der Waals surface area contributed by atoms with Crippen LogP contribution in [0.1, 0.15) is 67.6 Å². The molecule has 2 heterocycles. The molecule has 1 amide bonds. The molecule has 1 N–H and O–H groups in total. The molecule has 0 unspecified atom stereocenters. The zero-order valence-electron chi connectivity index (χ0n) is 15.7. The van der Waals surface area contributed by atoms with Crippen molar-refractivity contribution in [1.29, 1.82) is 0 Å². The molecule has 2 aliphatic rings. The highest BCUT2D eigenvalue weighted by molar-refractivity contribution is 6.11. The van der Waals surface area contributed by atoms with Crippen LogP contribution in [0.3, 0.4) is 0 Å². The molecule has 0 fully saturated rings. The maximum atomic E-state index is 13.2. The number of hydrogen-bond acceptors (Lipinski definition) is 2. The first kappa shape index (κ1) is 17.1. The van der Waals surface area contributed by atoms with Gasteiger partial charge in [0.1, 0.15) is 0 Å². The van der Waals surface area contributed by atoms with Crippen molar-refractivity contribution < 1.29 is 9.59 Å². The Labute approximate surface area is 154 Å². The summed E-state index contributed by atoms with van der Waals surface area (Å²) in [6.07, 6.45) is 6.85. The molecule has 136 valence electrons. The summed E-state index contributed by atoms with van der Waals surface area (Å²) in [6.45, 7) is 8.52. The Morgan fingerprint density at radius 3 is 2.62 bits per heavy atom. The van der Waals surface area contributed by atoms with Gasteiger partial charge in [-0.05, 0) is 55.4 Å². The van der Waals surface area contributed by atoms with E-state index in [4.69, 9.17) is 0 Å². The van der Waals surface area contributed by atoms with Gasteiger partial charge < -0.3 is 9.88 Å². The Hall–Kier alpha value is -2.36. The highest BCUT2D eigenvalue weighted by atomic mass is 16.2. The van der Waals surface area contributed by atoms with E-state index in [1.54, 1.807) is 6.08 Å². The van der Waals surface area contributed by atoms with Crippen molar-refractivity contribution in [3.05, 3.63) is 41.6 Å². The summed E-state index contributed by atoms with van der Waals surface area (Å²) < 4.78 is 0. The van der Waals surface area contributed by atoms with E-state index in [2.05, 4.69) is 37.5 Å². The molecule has 0 saturated carbocycles. The number of ketones is 1. The monoisotopic (exact) mass is 350 g/mol. The summed E-state index contributed by atoms with van der Waals surface area (Å²) in [5, 5.41) is 1.10. The Kier molecular flexibility index (Phi) is 4.02. The van der Waals surface area contributed by atoms with Crippen molar-refractivity contribution in [2.75, 3.05) is 11.4 Å². The second-order valence-electron chi connectivity index (χ2n) is 7.52. The molecule has 0 spiro atoms. The van der Waals surface area contributed by atoms with Crippen LogP contribution in [0.4, 0.5) is 5.69 Å². The molecule has 1 aromatic carbocycles. The third-order valence-corrected chi connectivity index (χ3v) is 6.36. The Morgan fingerprint density at radius 1 is 1.19 bits per heavy atom. The molecule has 0 radical (unpaired) electrons. The van der Waals surface area contributed by atoms with Gasteiger partial charge in [-0.25, -0.2) is 0 Å². The van der Waals surface area contributed by atoms with Gasteiger partial charge in [0, 0.05) is 29.6 Å².